The Bertz CT molecular complexity index is 467. The van der Waals surface area contributed by atoms with E-state index in [1.165, 1.54) is 0 Å². The first-order valence-corrected chi connectivity index (χ1v) is 7.34. The number of nitrogens with one attached hydrogen (secondary N) is 1. The van der Waals surface area contributed by atoms with Crippen molar-refractivity contribution in [3.63, 3.8) is 0 Å². The van der Waals surface area contributed by atoms with Crippen LogP contribution in [0, 0.1) is 0 Å². The van der Waals surface area contributed by atoms with Crippen molar-refractivity contribution in [1.82, 2.24) is 10.2 Å². The second kappa shape index (κ2) is 8.42. The number of carbonyl (C=O) groups excluding carboxylic acids is 2. The molecule has 0 heterocycles. The van der Waals surface area contributed by atoms with E-state index in [1.54, 1.807) is 29.2 Å². The highest BCUT2D eigenvalue weighted by Crippen LogP contribution is 2.08. The number of aliphatic hydroxyl groups excluding tert-OH is 1. The van der Waals surface area contributed by atoms with E-state index in [1.807, 2.05) is 20.8 Å². The molecule has 0 saturated carbocycles. The number of hydrogen-bond donors (Lipinski definition) is 2. The third-order valence-corrected chi connectivity index (χ3v) is 3.38. The molecular formula is C16H24N2O3. The van der Waals surface area contributed by atoms with E-state index in [9.17, 15) is 9.59 Å². The molecule has 1 atom stereocenters. The molecule has 2 amide bonds. The summed E-state index contributed by atoms with van der Waals surface area (Å²) in [5.74, 6) is -0.224. The SMILES string of the molecule is CCN(CC)C(=O)c1ccc(C(=O)NC(C)CCO)cc1. The fraction of sp³-hybridized carbons (Fsp3) is 0.500. The Kier molecular flexibility index (Phi) is 6.88. The van der Waals surface area contributed by atoms with E-state index < -0.39 is 0 Å². The first-order valence-electron chi connectivity index (χ1n) is 7.34. The van der Waals surface area contributed by atoms with Crippen LogP contribution in [0.25, 0.3) is 0 Å². The number of carbonyl (C=O) groups is 2. The van der Waals surface area contributed by atoms with E-state index in [-0.39, 0.29) is 24.5 Å². The van der Waals surface area contributed by atoms with Crippen LogP contribution in [-0.4, -0.2) is 47.6 Å². The molecule has 1 aromatic carbocycles. The highest BCUT2D eigenvalue weighted by atomic mass is 16.3. The molecule has 116 valence electrons. The first kappa shape index (κ1) is 17.2. The Morgan fingerprint density at radius 3 is 2.14 bits per heavy atom. The molecule has 1 unspecified atom stereocenters. The van der Waals surface area contributed by atoms with Crippen molar-refractivity contribution >= 4 is 11.8 Å². The first-order chi connectivity index (χ1) is 10.0. The maximum Gasteiger partial charge on any atom is 0.253 e. The Morgan fingerprint density at radius 1 is 1.14 bits per heavy atom. The van der Waals surface area contributed by atoms with Crippen molar-refractivity contribution in [1.29, 1.82) is 0 Å². The molecular weight excluding hydrogens is 268 g/mol. The Morgan fingerprint density at radius 2 is 1.67 bits per heavy atom. The summed E-state index contributed by atoms with van der Waals surface area (Å²) in [6.07, 6.45) is 0.518. The van der Waals surface area contributed by atoms with Crippen LogP contribution in [0.5, 0.6) is 0 Å². The average Bonchev–Trinajstić information content (AvgIpc) is 2.48. The summed E-state index contributed by atoms with van der Waals surface area (Å²) in [7, 11) is 0. The minimum Gasteiger partial charge on any atom is -0.396 e. The Labute approximate surface area is 126 Å². The second-order valence-electron chi connectivity index (χ2n) is 4.94. The highest BCUT2D eigenvalue weighted by molar-refractivity contribution is 5.97. The Hall–Kier alpha value is -1.88. The van der Waals surface area contributed by atoms with Crippen molar-refractivity contribution in [2.24, 2.45) is 0 Å². The molecule has 0 spiro atoms. The average molecular weight is 292 g/mol. The molecule has 0 radical (unpaired) electrons. The second-order valence-corrected chi connectivity index (χ2v) is 4.94. The molecule has 1 rings (SSSR count). The van der Waals surface area contributed by atoms with Gasteiger partial charge in [0.05, 0.1) is 0 Å². The van der Waals surface area contributed by atoms with Crippen LogP contribution in [-0.2, 0) is 0 Å². The minimum atomic E-state index is -0.196. The molecule has 2 N–H and O–H groups in total. The van der Waals surface area contributed by atoms with Gasteiger partial charge in [0, 0.05) is 36.9 Å². The lowest BCUT2D eigenvalue weighted by atomic mass is 10.1. The van der Waals surface area contributed by atoms with Crippen LogP contribution in [0.1, 0.15) is 47.9 Å². The molecule has 21 heavy (non-hydrogen) atoms. The molecule has 0 saturated heterocycles. The van der Waals surface area contributed by atoms with Gasteiger partial charge < -0.3 is 15.3 Å². The van der Waals surface area contributed by atoms with Crippen molar-refractivity contribution in [2.75, 3.05) is 19.7 Å². The van der Waals surface area contributed by atoms with Gasteiger partial charge in [-0.15, -0.1) is 0 Å². The van der Waals surface area contributed by atoms with E-state index in [0.717, 1.165) is 0 Å². The van der Waals surface area contributed by atoms with Crippen LogP contribution >= 0.6 is 0 Å². The fourth-order valence-electron chi connectivity index (χ4n) is 2.03. The largest absolute Gasteiger partial charge is 0.396 e. The van der Waals surface area contributed by atoms with Gasteiger partial charge in [0.15, 0.2) is 0 Å². The number of rotatable bonds is 7. The van der Waals surface area contributed by atoms with Gasteiger partial charge in [-0.2, -0.15) is 0 Å². The summed E-state index contributed by atoms with van der Waals surface area (Å²) >= 11 is 0. The summed E-state index contributed by atoms with van der Waals surface area (Å²) in [4.78, 5) is 25.9. The fourth-order valence-corrected chi connectivity index (χ4v) is 2.03. The van der Waals surface area contributed by atoms with Gasteiger partial charge in [-0.1, -0.05) is 0 Å². The van der Waals surface area contributed by atoms with Gasteiger partial charge in [0.1, 0.15) is 0 Å². The monoisotopic (exact) mass is 292 g/mol. The summed E-state index contributed by atoms with van der Waals surface area (Å²) in [5.41, 5.74) is 1.09. The van der Waals surface area contributed by atoms with Gasteiger partial charge in [-0.3, -0.25) is 9.59 Å². The number of hydrogen-bond acceptors (Lipinski definition) is 3. The number of amides is 2. The smallest absolute Gasteiger partial charge is 0.253 e. The topological polar surface area (TPSA) is 69.6 Å². The molecule has 0 fully saturated rings. The lowest BCUT2D eigenvalue weighted by Crippen LogP contribution is -2.33. The lowest BCUT2D eigenvalue weighted by molar-refractivity contribution is 0.0772. The van der Waals surface area contributed by atoms with E-state index in [2.05, 4.69) is 5.32 Å². The van der Waals surface area contributed by atoms with Crippen LogP contribution in [0.4, 0.5) is 0 Å². The maximum atomic E-state index is 12.1. The van der Waals surface area contributed by atoms with Crippen LogP contribution < -0.4 is 5.32 Å². The van der Waals surface area contributed by atoms with Gasteiger partial charge in [0.25, 0.3) is 11.8 Å². The van der Waals surface area contributed by atoms with Crippen LogP contribution in [0.15, 0.2) is 24.3 Å². The summed E-state index contributed by atoms with van der Waals surface area (Å²) < 4.78 is 0. The number of nitrogens with zero attached hydrogens (tertiary/aromatic N) is 1. The van der Waals surface area contributed by atoms with Crippen LogP contribution in [0.2, 0.25) is 0 Å². The zero-order valence-corrected chi connectivity index (χ0v) is 12.9. The van der Waals surface area contributed by atoms with Crippen molar-refractivity contribution in [2.45, 2.75) is 33.2 Å². The Balaban J connectivity index is 2.73. The predicted molar refractivity (Wildman–Crippen MR) is 82.3 cm³/mol. The minimum absolute atomic E-state index is 0.0272. The van der Waals surface area contributed by atoms with Crippen molar-refractivity contribution in [3.8, 4) is 0 Å². The zero-order valence-electron chi connectivity index (χ0n) is 12.9. The van der Waals surface area contributed by atoms with Gasteiger partial charge in [-0.25, -0.2) is 0 Å². The van der Waals surface area contributed by atoms with Gasteiger partial charge in [0.2, 0.25) is 0 Å². The normalized spacial score (nSPS) is 11.8. The maximum absolute atomic E-state index is 12.1. The molecule has 1 aromatic rings. The summed E-state index contributed by atoms with van der Waals surface area (Å²) in [6, 6.07) is 6.56. The molecule has 0 aliphatic carbocycles. The lowest BCUT2D eigenvalue weighted by Gasteiger charge is -2.18. The van der Waals surface area contributed by atoms with Crippen molar-refractivity contribution < 1.29 is 14.7 Å². The third-order valence-electron chi connectivity index (χ3n) is 3.38. The standard InChI is InChI=1S/C16H24N2O3/c1-4-18(5-2)16(21)14-8-6-13(7-9-14)15(20)17-12(3)10-11-19/h6-9,12,19H,4-5,10-11H2,1-3H3,(H,17,20). The molecule has 5 heteroatoms. The van der Waals surface area contributed by atoms with Gasteiger partial charge in [-0.05, 0) is 51.5 Å². The number of benzene rings is 1. The van der Waals surface area contributed by atoms with Gasteiger partial charge >= 0.3 is 0 Å². The molecule has 0 aromatic heterocycles. The van der Waals surface area contributed by atoms with E-state index >= 15 is 0 Å². The molecule has 5 nitrogen and oxygen atoms in total. The molecule has 0 aliphatic heterocycles. The van der Waals surface area contributed by atoms with E-state index in [0.29, 0.717) is 30.6 Å². The molecule has 0 bridgehead atoms. The molecule has 0 aliphatic rings. The zero-order chi connectivity index (χ0) is 15.8. The quantitative estimate of drug-likeness (QED) is 0.803. The predicted octanol–water partition coefficient (Wildman–Crippen LogP) is 1.67. The number of aliphatic hydroxyl groups is 1. The van der Waals surface area contributed by atoms with E-state index in [4.69, 9.17) is 5.11 Å². The summed E-state index contributed by atoms with van der Waals surface area (Å²) in [5, 5.41) is 11.6. The highest BCUT2D eigenvalue weighted by Gasteiger charge is 2.14. The van der Waals surface area contributed by atoms with Crippen molar-refractivity contribution in [3.05, 3.63) is 35.4 Å². The van der Waals surface area contributed by atoms with Crippen LogP contribution in [0.3, 0.4) is 0 Å². The third kappa shape index (κ3) is 4.86. The summed E-state index contributed by atoms with van der Waals surface area (Å²) in [6.45, 7) is 7.08.